The Labute approximate surface area is 115 Å². The Morgan fingerprint density at radius 2 is 2.39 bits per heavy atom. The van der Waals surface area contributed by atoms with Crippen LogP contribution < -0.4 is 16.2 Å². The fraction of sp³-hybridized carbons (Fsp3) is 0.636. The Bertz CT molecular complexity index is 397. The first-order chi connectivity index (χ1) is 8.72. The third-order valence-electron chi connectivity index (χ3n) is 3.02. The van der Waals surface area contributed by atoms with Crippen molar-refractivity contribution in [3.05, 3.63) is 10.8 Å². The van der Waals surface area contributed by atoms with Crippen molar-refractivity contribution in [2.45, 2.75) is 25.4 Å². The number of hydrogen-bond acceptors (Lipinski definition) is 6. The molecule has 0 saturated carbocycles. The van der Waals surface area contributed by atoms with Crippen molar-refractivity contribution in [3.63, 3.8) is 0 Å². The van der Waals surface area contributed by atoms with Gasteiger partial charge >= 0.3 is 0 Å². The number of rotatable bonds is 4. The molecule has 1 atom stereocenters. The normalized spacial score (nSPS) is 19.6. The highest BCUT2D eigenvalue weighted by Crippen LogP contribution is 2.28. The molecule has 18 heavy (non-hydrogen) atoms. The van der Waals surface area contributed by atoms with Crippen molar-refractivity contribution in [1.29, 1.82) is 0 Å². The first-order valence-electron chi connectivity index (χ1n) is 6.02. The molecular weight excluding hydrogens is 298 g/mol. The molecule has 1 saturated heterocycles. The van der Waals surface area contributed by atoms with Crippen LogP contribution in [0, 0.1) is 0 Å². The van der Waals surface area contributed by atoms with E-state index in [1.165, 1.54) is 19.2 Å². The van der Waals surface area contributed by atoms with E-state index in [0.717, 1.165) is 29.9 Å². The van der Waals surface area contributed by atoms with E-state index in [0.29, 0.717) is 5.82 Å². The van der Waals surface area contributed by atoms with Gasteiger partial charge in [0.05, 0.1) is 6.10 Å². The molecule has 1 fully saturated rings. The molecule has 7 heteroatoms. The van der Waals surface area contributed by atoms with Gasteiger partial charge < -0.3 is 15.1 Å². The van der Waals surface area contributed by atoms with Crippen molar-refractivity contribution in [3.8, 4) is 0 Å². The van der Waals surface area contributed by atoms with E-state index >= 15 is 0 Å². The van der Waals surface area contributed by atoms with Gasteiger partial charge in [0, 0.05) is 20.2 Å². The van der Waals surface area contributed by atoms with Gasteiger partial charge in [-0.25, -0.2) is 15.8 Å². The number of nitrogens with two attached hydrogens (primary N) is 1. The van der Waals surface area contributed by atoms with Crippen LogP contribution in [0.25, 0.3) is 0 Å². The van der Waals surface area contributed by atoms with E-state index in [1.54, 1.807) is 0 Å². The highest BCUT2D eigenvalue weighted by molar-refractivity contribution is 9.10. The van der Waals surface area contributed by atoms with E-state index in [1.807, 2.05) is 7.05 Å². The Morgan fingerprint density at radius 1 is 1.56 bits per heavy atom. The van der Waals surface area contributed by atoms with Crippen LogP contribution in [0.3, 0.4) is 0 Å². The third-order valence-corrected chi connectivity index (χ3v) is 3.75. The number of ether oxygens (including phenoxy) is 1. The summed E-state index contributed by atoms with van der Waals surface area (Å²) in [5.74, 6) is 6.78. The summed E-state index contributed by atoms with van der Waals surface area (Å²) in [4.78, 5) is 10.4. The molecule has 6 nitrogen and oxygen atoms in total. The molecule has 0 amide bonds. The molecule has 1 aliphatic rings. The maximum atomic E-state index is 5.73. The fourth-order valence-electron chi connectivity index (χ4n) is 2.07. The van der Waals surface area contributed by atoms with Crippen LogP contribution in [-0.4, -0.2) is 36.3 Å². The molecule has 0 radical (unpaired) electrons. The lowest BCUT2D eigenvalue weighted by Crippen LogP contribution is -2.34. The Balaban J connectivity index is 2.05. The molecular formula is C11H18BrN5O. The van der Waals surface area contributed by atoms with Gasteiger partial charge in [-0.3, -0.25) is 0 Å². The van der Waals surface area contributed by atoms with Gasteiger partial charge in [0.1, 0.15) is 16.6 Å². The van der Waals surface area contributed by atoms with Gasteiger partial charge in [0.2, 0.25) is 0 Å². The van der Waals surface area contributed by atoms with E-state index in [4.69, 9.17) is 10.6 Å². The number of nitrogens with one attached hydrogen (secondary N) is 1. The van der Waals surface area contributed by atoms with Crippen LogP contribution >= 0.6 is 15.9 Å². The first-order valence-corrected chi connectivity index (χ1v) is 6.81. The predicted molar refractivity (Wildman–Crippen MR) is 74.4 cm³/mol. The third kappa shape index (κ3) is 3.09. The molecule has 1 aliphatic heterocycles. The molecule has 100 valence electrons. The number of hydrogen-bond donors (Lipinski definition) is 2. The lowest BCUT2D eigenvalue weighted by Gasteiger charge is -2.28. The number of likely N-dealkylation sites (N-methyl/N-ethyl adjacent to an activating group) is 1. The Morgan fingerprint density at radius 3 is 3.06 bits per heavy atom. The topological polar surface area (TPSA) is 76.3 Å². The van der Waals surface area contributed by atoms with E-state index in [-0.39, 0.29) is 6.10 Å². The van der Waals surface area contributed by atoms with Crippen molar-refractivity contribution in [1.82, 2.24) is 9.97 Å². The Hall–Kier alpha value is -0.920. The smallest absolute Gasteiger partial charge is 0.159 e. The maximum absolute atomic E-state index is 5.73. The second-order valence-electron chi connectivity index (χ2n) is 4.37. The summed E-state index contributed by atoms with van der Waals surface area (Å²) in [6.07, 6.45) is 5.28. The summed E-state index contributed by atoms with van der Waals surface area (Å²) in [7, 11) is 1.99. The average molecular weight is 316 g/mol. The summed E-state index contributed by atoms with van der Waals surface area (Å²) in [6.45, 7) is 1.68. The summed E-state index contributed by atoms with van der Waals surface area (Å²) >= 11 is 3.46. The van der Waals surface area contributed by atoms with Crippen molar-refractivity contribution < 1.29 is 4.74 Å². The number of halogens is 1. The average Bonchev–Trinajstić information content (AvgIpc) is 2.40. The van der Waals surface area contributed by atoms with E-state index < -0.39 is 0 Å². The van der Waals surface area contributed by atoms with E-state index in [2.05, 4.69) is 36.2 Å². The SMILES string of the molecule is CN(CC1CCCCO1)c1ncnc(NN)c1Br. The van der Waals surface area contributed by atoms with Crippen molar-refractivity contribution in [2.24, 2.45) is 5.84 Å². The van der Waals surface area contributed by atoms with Crippen molar-refractivity contribution >= 4 is 27.6 Å². The van der Waals surface area contributed by atoms with Crippen LogP contribution in [0.5, 0.6) is 0 Å². The molecule has 0 spiro atoms. The first kappa shape index (κ1) is 13.5. The van der Waals surface area contributed by atoms with E-state index in [9.17, 15) is 0 Å². The van der Waals surface area contributed by atoms with Crippen LogP contribution in [0.15, 0.2) is 10.8 Å². The van der Waals surface area contributed by atoms with Crippen LogP contribution in [-0.2, 0) is 4.74 Å². The number of nitrogen functional groups attached to an aromatic ring is 1. The minimum Gasteiger partial charge on any atom is -0.376 e. The monoisotopic (exact) mass is 315 g/mol. The van der Waals surface area contributed by atoms with Crippen LogP contribution in [0.1, 0.15) is 19.3 Å². The van der Waals surface area contributed by atoms with Gasteiger partial charge in [-0.2, -0.15) is 0 Å². The quantitative estimate of drug-likeness (QED) is 0.648. The van der Waals surface area contributed by atoms with Gasteiger partial charge in [0.25, 0.3) is 0 Å². The molecule has 2 heterocycles. The molecule has 1 aromatic heterocycles. The van der Waals surface area contributed by atoms with Gasteiger partial charge in [0.15, 0.2) is 5.82 Å². The molecule has 2 rings (SSSR count). The van der Waals surface area contributed by atoms with Gasteiger partial charge in [-0.1, -0.05) is 0 Å². The number of aromatic nitrogens is 2. The second-order valence-corrected chi connectivity index (χ2v) is 5.17. The summed E-state index contributed by atoms with van der Waals surface area (Å²) in [5, 5.41) is 0. The zero-order valence-electron chi connectivity index (χ0n) is 10.4. The molecule has 3 N–H and O–H groups in total. The van der Waals surface area contributed by atoms with Crippen LogP contribution in [0.4, 0.5) is 11.6 Å². The Kier molecular flexibility index (Phi) is 4.73. The van der Waals surface area contributed by atoms with Gasteiger partial charge in [-0.05, 0) is 35.2 Å². The lowest BCUT2D eigenvalue weighted by molar-refractivity contribution is 0.0215. The van der Waals surface area contributed by atoms with Crippen LogP contribution in [0.2, 0.25) is 0 Å². The molecule has 0 bridgehead atoms. The summed E-state index contributed by atoms with van der Waals surface area (Å²) in [6, 6.07) is 0. The molecule has 0 aliphatic carbocycles. The maximum Gasteiger partial charge on any atom is 0.159 e. The van der Waals surface area contributed by atoms with Crippen molar-refractivity contribution in [2.75, 3.05) is 30.5 Å². The summed E-state index contributed by atoms with van der Waals surface area (Å²) < 4.78 is 6.50. The minimum absolute atomic E-state index is 0.278. The number of anilines is 2. The highest BCUT2D eigenvalue weighted by Gasteiger charge is 2.19. The standard InChI is InChI=1S/C11H18BrN5O/c1-17(6-8-4-2-3-5-18-8)11-9(12)10(16-13)14-7-15-11/h7-8H,2-6,13H2,1H3,(H,14,15,16). The lowest BCUT2D eigenvalue weighted by atomic mass is 10.1. The molecule has 0 aromatic carbocycles. The largest absolute Gasteiger partial charge is 0.376 e. The molecule has 1 unspecified atom stereocenters. The minimum atomic E-state index is 0.278. The van der Waals surface area contributed by atoms with Gasteiger partial charge in [-0.15, -0.1) is 0 Å². The highest BCUT2D eigenvalue weighted by atomic mass is 79.9. The second kappa shape index (κ2) is 6.31. The predicted octanol–water partition coefficient (Wildman–Crippen LogP) is 1.53. The molecule has 1 aromatic rings. The zero-order chi connectivity index (χ0) is 13.0. The number of hydrazine groups is 1. The number of nitrogens with zero attached hydrogens (tertiary/aromatic N) is 3. The zero-order valence-corrected chi connectivity index (χ0v) is 12.0. The summed E-state index contributed by atoms with van der Waals surface area (Å²) in [5.41, 5.74) is 2.54. The fourth-order valence-corrected chi connectivity index (χ4v) is 2.69.